The Kier molecular flexibility index (Phi) is 3.89. The van der Waals surface area contributed by atoms with E-state index in [0.717, 1.165) is 0 Å². The van der Waals surface area contributed by atoms with Crippen molar-refractivity contribution in [1.29, 1.82) is 0 Å². The first kappa shape index (κ1) is 13.2. The first-order valence-electron chi connectivity index (χ1n) is 5.25. The third-order valence-corrected chi connectivity index (χ3v) is 1.94. The molecule has 0 saturated carbocycles. The molecular weight excluding hydrogens is 218 g/mol. The van der Waals surface area contributed by atoms with Gasteiger partial charge in [0, 0.05) is 11.8 Å². The number of rotatable bonds is 3. The molecule has 1 rings (SSSR count). The third kappa shape index (κ3) is 3.90. The lowest BCUT2D eigenvalue weighted by Gasteiger charge is -2.20. The molecule has 0 amide bonds. The van der Waals surface area contributed by atoms with Gasteiger partial charge in [-0.2, -0.15) is 0 Å². The quantitative estimate of drug-likeness (QED) is 0.596. The van der Waals surface area contributed by atoms with Gasteiger partial charge in [0.15, 0.2) is 0 Å². The van der Waals surface area contributed by atoms with Gasteiger partial charge in [-0.3, -0.25) is 4.98 Å². The van der Waals surface area contributed by atoms with Gasteiger partial charge in [0.1, 0.15) is 11.4 Å². The fourth-order valence-corrected chi connectivity index (χ4v) is 1.15. The first-order valence-corrected chi connectivity index (χ1v) is 5.25. The van der Waals surface area contributed by atoms with Gasteiger partial charge in [0.25, 0.3) is 0 Å². The lowest BCUT2D eigenvalue weighted by Crippen LogP contribution is -2.24. The summed E-state index contributed by atoms with van der Waals surface area (Å²) in [6.45, 7) is 9.14. The maximum atomic E-state index is 11.8. The number of carbonyl (C=O) groups excluding carboxylic acids is 1. The van der Waals surface area contributed by atoms with Gasteiger partial charge in [-0.05, 0) is 26.8 Å². The van der Waals surface area contributed by atoms with E-state index in [4.69, 9.17) is 9.47 Å². The molecule has 1 heterocycles. The Morgan fingerprint density at radius 2 is 2.00 bits per heavy atom. The molecule has 17 heavy (non-hydrogen) atoms. The van der Waals surface area contributed by atoms with Crippen LogP contribution in [-0.2, 0) is 9.53 Å². The number of hydrogen-bond donors (Lipinski definition) is 0. The van der Waals surface area contributed by atoms with E-state index in [0.29, 0.717) is 11.3 Å². The van der Waals surface area contributed by atoms with Crippen molar-refractivity contribution in [3.63, 3.8) is 0 Å². The Labute approximate surface area is 101 Å². The molecule has 0 bridgehead atoms. The molecule has 92 valence electrons. The van der Waals surface area contributed by atoms with E-state index in [1.807, 2.05) is 20.8 Å². The van der Waals surface area contributed by atoms with Crippen molar-refractivity contribution in [1.82, 2.24) is 4.98 Å². The summed E-state index contributed by atoms with van der Waals surface area (Å²) >= 11 is 0. The van der Waals surface area contributed by atoms with E-state index in [1.54, 1.807) is 18.5 Å². The average molecular weight is 235 g/mol. The summed E-state index contributed by atoms with van der Waals surface area (Å²) in [6.07, 6.45) is 3.11. The van der Waals surface area contributed by atoms with Crippen LogP contribution < -0.4 is 4.74 Å². The molecule has 0 aromatic carbocycles. The van der Waals surface area contributed by atoms with Crippen LogP contribution in [0.5, 0.6) is 5.75 Å². The smallest absolute Gasteiger partial charge is 0.338 e. The molecule has 0 aliphatic carbocycles. The maximum absolute atomic E-state index is 11.8. The van der Waals surface area contributed by atoms with Crippen molar-refractivity contribution in [2.24, 2.45) is 0 Å². The Bertz CT molecular complexity index is 433. The van der Waals surface area contributed by atoms with Crippen LogP contribution in [0, 0.1) is 0 Å². The zero-order valence-corrected chi connectivity index (χ0v) is 10.6. The summed E-state index contributed by atoms with van der Waals surface area (Å²) in [5.41, 5.74) is 0.330. The second-order valence-corrected chi connectivity index (χ2v) is 4.59. The first-order chi connectivity index (χ1) is 7.83. The average Bonchev–Trinajstić information content (AvgIpc) is 2.26. The number of pyridine rings is 1. The van der Waals surface area contributed by atoms with E-state index >= 15 is 0 Å². The number of hydrogen-bond acceptors (Lipinski definition) is 4. The van der Waals surface area contributed by atoms with Crippen LogP contribution in [0.25, 0.3) is 5.57 Å². The molecule has 0 saturated heterocycles. The van der Waals surface area contributed by atoms with Crippen molar-refractivity contribution in [3.05, 3.63) is 30.6 Å². The molecule has 4 nitrogen and oxygen atoms in total. The number of nitrogens with zero attached hydrogens (tertiary/aromatic N) is 1. The van der Waals surface area contributed by atoms with Gasteiger partial charge in [0.05, 0.1) is 18.9 Å². The molecule has 0 atom stereocenters. The van der Waals surface area contributed by atoms with Crippen LogP contribution in [0.2, 0.25) is 0 Å². The van der Waals surface area contributed by atoms with E-state index < -0.39 is 11.6 Å². The predicted molar refractivity (Wildman–Crippen MR) is 65.7 cm³/mol. The van der Waals surface area contributed by atoms with Crippen LogP contribution in [-0.4, -0.2) is 23.7 Å². The highest BCUT2D eigenvalue weighted by molar-refractivity contribution is 6.15. The fraction of sp³-hybridized carbons (Fsp3) is 0.385. The van der Waals surface area contributed by atoms with Gasteiger partial charge in [0.2, 0.25) is 0 Å². The van der Waals surface area contributed by atoms with E-state index in [2.05, 4.69) is 11.6 Å². The summed E-state index contributed by atoms with van der Waals surface area (Å²) < 4.78 is 10.3. The molecule has 0 unspecified atom stereocenters. The second-order valence-electron chi connectivity index (χ2n) is 4.59. The summed E-state index contributed by atoms with van der Waals surface area (Å²) in [5, 5.41) is 0. The van der Waals surface area contributed by atoms with Crippen LogP contribution in [0.1, 0.15) is 26.3 Å². The summed E-state index contributed by atoms with van der Waals surface area (Å²) in [5.74, 6) is 0.125. The highest BCUT2D eigenvalue weighted by atomic mass is 16.6. The maximum Gasteiger partial charge on any atom is 0.338 e. The van der Waals surface area contributed by atoms with Crippen LogP contribution in [0.15, 0.2) is 25.0 Å². The van der Waals surface area contributed by atoms with E-state index in [1.165, 1.54) is 7.11 Å². The van der Waals surface area contributed by atoms with Crippen molar-refractivity contribution >= 4 is 11.5 Å². The van der Waals surface area contributed by atoms with Crippen molar-refractivity contribution in [2.75, 3.05) is 7.11 Å². The van der Waals surface area contributed by atoms with Crippen molar-refractivity contribution < 1.29 is 14.3 Å². The molecule has 1 aromatic rings. The minimum Gasteiger partial charge on any atom is -0.495 e. The van der Waals surface area contributed by atoms with Gasteiger partial charge >= 0.3 is 5.97 Å². The number of aromatic nitrogens is 1. The molecular formula is C13H17NO3. The van der Waals surface area contributed by atoms with Gasteiger partial charge in [-0.15, -0.1) is 0 Å². The van der Waals surface area contributed by atoms with Gasteiger partial charge < -0.3 is 9.47 Å². The SMILES string of the molecule is C=C(C(=O)OC(C)(C)C)c1cncc(OC)c1. The highest BCUT2D eigenvalue weighted by Gasteiger charge is 2.19. The zero-order valence-electron chi connectivity index (χ0n) is 10.6. The number of carbonyl (C=O) groups is 1. The Balaban J connectivity index is 2.85. The second kappa shape index (κ2) is 4.99. The lowest BCUT2D eigenvalue weighted by atomic mass is 10.1. The molecule has 4 heteroatoms. The van der Waals surface area contributed by atoms with E-state index in [-0.39, 0.29) is 5.57 Å². The monoisotopic (exact) mass is 235 g/mol. The third-order valence-electron chi connectivity index (χ3n) is 1.94. The highest BCUT2D eigenvalue weighted by Crippen LogP contribution is 2.20. The number of ether oxygens (including phenoxy) is 2. The topological polar surface area (TPSA) is 48.4 Å². The molecule has 0 N–H and O–H groups in total. The summed E-state index contributed by atoms with van der Waals surface area (Å²) in [7, 11) is 1.54. The fourth-order valence-electron chi connectivity index (χ4n) is 1.15. The molecule has 0 fully saturated rings. The number of methoxy groups -OCH3 is 1. The summed E-state index contributed by atoms with van der Waals surface area (Å²) in [6, 6.07) is 1.69. The number of esters is 1. The largest absolute Gasteiger partial charge is 0.495 e. The van der Waals surface area contributed by atoms with Gasteiger partial charge in [-0.25, -0.2) is 4.79 Å². The minimum absolute atomic E-state index is 0.270. The van der Waals surface area contributed by atoms with Crippen LogP contribution in [0.3, 0.4) is 0 Å². The molecule has 0 aliphatic rings. The molecule has 1 aromatic heterocycles. The minimum atomic E-state index is -0.535. The van der Waals surface area contributed by atoms with Gasteiger partial charge in [-0.1, -0.05) is 6.58 Å². The van der Waals surface area contributed by atoms with Crippen LogP contribution >= 0.6 is 0 Å². The Hall–Kier alpha value is -1.84. The van der Waals surface area contributed by atoms with E-state index in [9.17, 15) is 4.79 Å². The normalized spacial score (nSPS) is 10.8. The van der Waals surface area contributed by atoms with Crippen molar-refractivity contribution in [2.45, 2.75) is 26.4 Å². The Morgan fingerprint density at radius 3 is 2.53 bits per heavy atom. The lowest BCUT2D eigenvalue weighted by molar-refractivity contribution is -0.147. The molecule has 0 radical (unpaired) electrons. The molecule has 0 aliphatic heterocycles. The van der Waals surface area contributed by atoms with Crippen molar-refractivity contribution in [3.8, 4) is 5.75 Å². The van der Waals surface area contributed by atoms with Crippen LogP contribution in [0.4, 0.5) is 0 Å². The summed E-state index contributed by atoms with van der Waals surface area (Å²) in [4.78, 5) is 15.7. The molecule has 0 spiro atoms. The predicted octanol–water partition coefficient (Wildman–Crippen LogP) is 2.45. The standard InChI is InChI=1S/C13H17NO3/c1-9(12(15)17-13(2,3)4)10-6-11(16-5)8-14-7-10/h6-8H,1H2,2-5H3. The Morgan fingerprint density at radius 1 is 1.35 bits per heavy atom. The zero-order chi connectivity index (χ0) is 13.1.